The van der Waals surface area contributed by atoms with E-state index in [1.54, 1.807) is 0 Å². The summed E-state index contributed by atoms with van der Waals surface area (Å²) in [6.07, 6.45) is 3.98. The molecular formula is C13H25ClN2O2. The SMILES string of the molecule is CC(N)CC(=O)N1CCC(C2CCOCC2)C1.Cl. The molecule has 0 aliphatic carbocycles. The molecule has 106 valence electrons. The normalized spacial score (nSPS) is 26.8. The summed E-state index contributed by atoms with van der Waals surface area (Å²) < 4.78 is 5.39. The molecule has 2 heterocycles. The molecule has 2 aliphatic rings. The van der Waals surface area contributed by atoms with Gasteiger partial charge < -0.3 is 15.4 Å². The van der Waals surface area contributed by atoms with Gasteiger partial charge in [-0.15, -0.1) is 12.4 Å². The predicted octanol–water partition coefficient (Wildman–Crippen LogP) is 1.42. The summed E-state index contributed by atoms with van der Waals surface area (Å²) in [7, 11) is 0. The summed E-state index contributed by atoms with van der Waals surface area (Å²) in [5, 5.41) is 0. The summed E-state index contributed by atoms with van der Waals surface area (Å²) in [5.41, 5.74) is 5.67. The molecule has 0 bridgehead atoms. The minimum Gasteiger partial charge on any atom is -0.381 e. The number of amides is 1. The first kappa shape index (κ1) is 15.7. The molecule has 0 aromatic carbocycles. The van der Waals surface area contributed by atoms with Crippen LogP contribution in [0.1, 0.15) is 32.6 Å². The first-order valence-corrected chi connectivity index (χ1v) is 6.78. The molecule has 2 aliphatic heterocycles. The van der Waals surface area contributed by atoms with Crippen molar-refractivity contribution in [1.82, 2.24) is 4.90 Å². The van der Waals surface area contributed by atoms with E-state index in [0.717, 1.165) is 38.6 Å². The Kier molecular flexibility index (Phi) is 6.39. The van der Waals surface area contributed by atoms with Crippen LogP contribution in [0.25, 0.3) is 0 Å². The van der Waals surface area contributed by atoms with Gasteiger partial charge in [0.25, 0.3) is 0 Å². The molecule has 4 nitrogen and oxygen atoms in total. The molecule has 0 spiro atoms. The molecule has 2 atom stereocenters. The van der Waals surface area contributed by atoms with Crippen LogP contribution in [0.2, 0.25) is 0 Å². The molecular weight excluding hydrogens is 252 g/mol. The van der Waals surface area contributed by atoms with Crippen LogP contribution in [0.5, 0.6) is 0 Å². The fourth-order valence-electron chi connectivity index (χ4n) is 2.99. The Hall–Kier alpha value is -0.320. The number of carbonyl (C=O) groups excluding carboxylic acids is 1. The standard InChI is InChI=1S/C13H24N2O2.ClH/c1-10(14)8-13(16)15-5-2-12(9-15)11-3-6-17-7-4-11;/h10-12H,2-9,14H2,1H3;1H. The number of halogens is 1. The third-order valence-electron chi connectivity index (χ3n) is 4.01. The molecule has 2 fully saturated rings. The van der Waals surface area contributed by atoms with Crippen molar-refractivity contribution in [3.8, 4) is 0 Å². The van der Waals surface area contributed by atoms with Gasteiger partial charge in [-0.25, -0.2) is 0 Å². The van der Waals surface area contributed by atoms with Crippen LogP contribution in [0.3, 0.4) is 0 Å². The fourth-order valence-corrected chi connectivity index (χ4v) is 2.99. The van der Waals surface area contributed by atoms with Crippen molar-refractivity contribution in [2.45, 2.75) is 38.6 Å². The molecule has 0 aromatic rings. The predicted molar refractivity (Wildman–Crippen MR) is 73.7 cm³/mol. The van der Waals surface area contributed by atoms with Gasteiger partial charge in [-0.3, -0.25) is 4.79 Å². The highest BCUT2D eigenvalue weighted by Crippen LogP contribution is 2.31. The number of ether oxygens (including phenoxy) is 1. The lowest BCUT2D eigenvalue weighted by molar-refractivity contribution is -0.130. The Morgan fingerprint density at radius 3 is 2.61 bits per heavy atom. The highest BCUT2D eigenvalue weighted by atomic mass is 35.5. The van der Waals surface area contributed by atoms with E-state index in [1.807, 2.05) is 11.8 Å². The van der Waals surface area contributed by atoms with E-state index in [9.17, 15) is 4.79 Å². The Balaban J connectivity index is 0.00000162. The average molecular weight is 277 g/mol. The number of hydrogen-bond donors (Lipinski definition) is 1. The molecule has 18 heavy (non-hydrogen) atoms. The van der Waals surface area contributed by atoms with Crippen LogP contribution >= 0.6 is 12.4 Å². The second kappa shape index (κ2) is 7.31. The van der Waals surface area contributed by atoms with E-state index in [-0.39, 0.29) is 24.4 Å². The van der Waals surface area contributed by atoms with Crippen molar-refractivity contribution < 1.29 is 9.53 Å². The maximum absolute atomic E-state index is 11.9. The maximum atomic E-state index is 11.9. The van der Waals surface area contributed by atoms with Gasteiger partial charge in [0, 0.05) is 38.8 Å². The van der Waals surface area contributed by atoms with E-state index in [1.165, 1.54) is 12.8 Å². The Labute approximate surface area is 116 Å². The molecule has 2 N–H and O–H groups in total. The number of carbonyl (C=O) groups is 1. The van der Waals surface area contributed by atoms with Crippen LogP contribution < -0.4 is 5.73 Å². The smallest absolute Gasteiger partial charge is 0.224 e. The van der Waals surface area contributed by atoms with Crippen molar-refractivity contribution in [2.24, 2.45) is 17.6 Å². The molecule has 2 rings (SSSR count). The van der Waals surface area contributed by atoms with Gasteiger partial charge in [0.1, 0.15) is 0 Å². The zero-order chi connectivity index (χ0) is 12.3. The lowest BCUT2D eigenvalue weighted by Crippen LogP contribution is -2.34. The minimum atomic E-state index is -0.0235. The van der Waals surface area contributed by atoms with Gasteiger partial charge in [0.2, 0.25) is 5.91 Å². The Bertz CT molecular complexity index is 268. The van der Waals surface area contributed by atoms with E-state index in [0.29, 0.717) is 12.3 Å². The minimum absolute atomic E-state index is 0. The quantitative estimate of drug-likeness (QED) is 0.848. The van der Waals surface area contributed by atoms with E-state index >= 15 is 0 Å². The second-order valence-electron chi connectivity index (χ2n) is 5.52. The highest BCUT2D eigenvalue weighted by Gasteiger charge is 2.32. The summed E-state index contributed by atoms with van der Waals surface area (Å²) in [6, 6.07) is -0.0235. The summed E-state index contributed by atoms with van der Waals surface area (Å²) in [4.78, 5) is 13.9. The van der Waals surface area contributed by atoms with Crippen LogP contribution in [-0.4, -0.2) is 43.2 Å². The van der Waals surface area contributed by atoms with Gasteiger partial charge in [-0.05, 0) is 38.0 Å². The van der Waals surface area contributed by atoms with E-state index < -0.39 is 0 Å². The largest absolute Gasteiger partial charge is 0.381 e. The summed E-state index contributed by atoms with van der Waals surface area (Å²) >= 11 is 0. The van der Waals surface area contributed by atoms with Crippen molar-refractivity contribution in [2.75, 3.05) is 26.3 Å². The van der Waals surface area contributed by atoms with Crippen LogP contribution in [0.4, 0.5) is 0 Å². The van der Waals surface area contributed by atoms with Crippen LogP contribution in [0.15, 0.2) is 0 Å². The second-order valence-corrected chi connectivity index (χ2v) is 5.52. The molecule has 1 amide bonds. The summed E-state index contributed by atoms with van der Waals surface area (Å²) in [6.45, 7) is 5.55. The molecule has 0 aromatic heterocycles. The zero-order valence-electron chi connectivity index (χ0n) is 11.1. The topological polar surface area (TPSA) is 55.6 Å². The first-order chi connectivity index (χ1) is 8.16. The van der Waals surface area contributed by atoms with E-state index in [4.69, 9.17) is 10.5 Å². The Morgan fingerprint density at radius 2 is 2.00 bits per heavy atom. The number of nitrogens with two attached hydrogens (primary N) is 1. The highest BCUT2D eigenvalue weighted by molar-refractivity contribution is 5.85. The lowest BCUT2D eigenvalue weighted by Gasteiger charge is -2.27. The number of likely N-dealkylation sites (tertiary alicyclic amines) is 1. The van der Waals surface area contributed by atoms with E-state index in [2.05, 4.69) is 0 Å². The van der Waals surface area contributed by atoms with Gasteiger partial charge in [-0.1, -0.05) is 0 Å². The van der Waals surface area contributed by atoms with Crippen LogP contribution in [-0.2, 0) is 9.53 Å². The van der Waals surface area contributed by atoms with Gasteiger partial charge in [0.15, 0.2) is 0 Å². The Morgan fingerprint density at radius 1 is 1.33 bits per heavy atom. The lowest BCUT2D eigenvalue weighted by atomic mass is 9.85. The first-order valence-electron chi connectivity index (χ1n) is 6.78. The van der Waals surface area contributed by atoms with Crippen molar-refractivity contribution >= 4 is 18.3 Å². The molecule has 0 radical (unpaired) electrons. The summed E-state index contributed by atoms with van der Waals surface area (Å²) in [5.74, 6) is 1.68. The monoisotopic (exact) mass is 276 g/mol. The maximum Gasteiger partial charge on any atom is 0.224 e. The van der Waals surface area contributed by atoms with Crippen molar-refractivity contribution in [3.05, 3.63) is 0 Å². The average Bonchev–Trinajstić information content (AvgIpc) is 2.78. The number of hydrogen-bond acceptors (Lipinski definition) is 3. The molecule has 5 heteroatoms. The third-order valence-corrected chi connectivity index (χ3v) is 4.01. The zero-order valence-corrected chi connectivity index (χ0v) is 12.0. The van der Waals surface area contributed by atoms with Gasteiger partial charge in [-0.2, -0.15) is 0 Å². The fraction of sp³-hybridized carbons (Fsp3) is 0.923. The third kappa shape index (κ3) is 4.11. The van der Waals surface area contributed by atoms with Crippen molar-refractivity contribution in [1.29, 1.82) is 0 Å². The van der Waals surface area contributed by atoms with Gasteiger partial charge in [0.05, 0.1) is 0 Å². The number of rotatable bonds is 3. The van der Waals surface area contributed by atoms with Crippen LogP contribution in [0, 0.1) is 11.8 Å². The molecule has 0 saturated carbocycles. The number of nitrogens with zero attached hydrogens (tertiary/aromatic N) is 1. The van der Waals surface area contributed by atoms with Gasteiger partial charge >= 0.3 is 0 Å². The molecule has 2 saturated heterocycles. The van der Waals surface area contributed by atoms with Crippen molar-refractivity contribution in [3.63, 3.8) is 0 Å². The molecule has 2 unspecified atom stereocenters.